The van der Waals surface area contributed by atoms with E-state index >= 15 is 0 Å². The van der Waals surface area contributed by atoms with E-state index in [1.807, 2.05) is 30.3 Å². The number of benzene rings is 1. The lowest BCUT2D eigenvalue weighted by molar-refractivity contribution is -0.138. The van der Waals surface area contributed by atoms with Crippen molar-refractivity contribution in [2.24, 2.45) is 5.73 Å². The van der Waals surface area contributed by atoms with Crippen molar-refractivity contribution >= 4 is 5.97 Å². The number of carboxylic acid groups (broad SMARTS) is 1. The molecule has 13 heavy (non-hydrogen) atoms. The molecule has 0 aliphatic rings. The molecule has 0 unspecified atom stereocenters. The SMILES string of the molecule is F.N[C@@H](Cc1ccccc1)C(=O)O. The molecule has 0 aliphatic carbocycles. The van der Waals surface area contributed by atoms with Crippen LogP contribution < -0.4 is 5.73 Å². The molecule has 3 nitrogen and oxygen atoms in total. The molecule has 0 fully saturated rings. The highest BCUT2D eigenvalue weighted by Gasteiger charge is 2.10. The van der Waals surface area contributed by atoms with Gasteiger partial charge in [-0.3, -0.25) is 9.50 Å². The minimum atomic E-state index is -0.959. The molecule has 72 valence electrons. The molecule has 4 heteroatoms. The van der Waals surface area contributed by atoms with E-state index in [1.54, 1.807) is 0 Å². The van der Waals surface area contributed by atoms with Gasteiger partial charge in [-0.05, 0) is 12.0 Å². The number of hydrogen-bond acceptors (Lipinski definition) is 2. The van der Waals surface area contributed by atoms with E-state index in [0.29, 0.717) is 6.42 Å². The van der Waals surface area contributed by atoms with Crippen molar-refractivity contribution in [3.05, 3.63) is 35.9 Å². The largest absolute Gasteiger partial charge is 0.480 e. The predicted molar refractivity (Wildman–Crippen MR) is 48.3 cm³/mol. The maximum absolute atomic E-state index is 10.4. The van der Waals surface area contributed by atoms with E-state index in [1.165, 1.54) is 0 Å². The van der Waals surface area contributed by atoms with Crippen LogP contribution in [0.25, 0.3) is 0 Å². The Morgan fingerprint density at radius 1 is 1.38 bits per heavy atom. The Morgan fingerprint density at radius 3 is 2.38 bits per heavy atom. The number of hydrogen-bond donors (Lipinski definition) is 2. The Bertz CT molecular complexity index is 264. The first-order valence-corrected chi connectivity index (χ1v) is 3.72. The molecule has 0 saturated carbocycles. The van der Waals surface area contributed by atoms with Crippen LogP contribution in [0, 0.1) is 0 Å². The lowest BCUT2D eigenvalue weighted by atomic mass is 10.1. The van der Waals surface area contributed by atoms with E-state index in [2.05, 4.69) is 0 Å². The monoisotopic (exact) mass is 185 g/mol. The van der Waals surface area contributed by atoms with Gasteiger partial charge in [0.2, 0.25) is 0 Å². The highest BCUT2D eigenvalue weighted by molar-refractivity contribution is 5.73. The van der Waals surface area contributed by atoms with Gasteiger partial charge in [-0.1, -0.05) is 30.3 Å². The van der Waals surface area contributed by atoms with Crippen LogP contribution in [0.15, 0.2) is 30.3 Å². The van der Waals surface area contributed by atoms with Crippen LogP contribution in [0.1, 0.15) is 5.56 Å². The van der Waals surface area contributed by atoms with Gasteiger partial charge in [0.1, 0.15) is 6.04 Å². The first kappa shape index (κ1) is 11.6. The van der Waals surface area contributed by atoms with Gasteiger partial charge in [0.25, 0.3) is 0 Å². The molecule has 1 aromatic rings. The van der Waals surface area contributed by atoms with E-state index in [4.69, 9.17) is 10.8 Å². The fourth-order valence-corrected chi connectivity index (χ4v) is 0.955. The molecule has 0 amide bonds. The summed E-state index contributed by atoms with van der Waals surface area (Å²) in [6, 6.07) is 8.54. The summed E-state index contributed by atoms with van der Waals surface area (Å²) < 4.78 is 0. The fourth-order valence-electron chi connectivity index (χ4n) is 0.955. The number of carboxylic acids is 1. The maximum atomic E-state index is 10.4. The molecule has 0 heterocycles. The van der Waals surface area contributed by atoms with Gasteiger partial charge in [-0.15, -0.1) is 0 Å². The van der Waals surface area contributed by atoms with Crippen LogP contribution in [0.4, 0.5) is 4.70 Å². The highest BCUT2D eigenvalue weighted by atomic mass is 19.0. The van der Waals surface area contributed by atoms with Crippen LogP contribution >= 0.6 is 0 Å². The number of halogens is 1. The average molecular weight is 185 g/mol. The molecule has 0 saturated heterocycles. The quantitative estimate of drug-likeness (QED) is 0.731. The Hall–Kier alpha value is -1.42. The summed E-state index contributed by atoms with van der Waals surface area (Å²) in [7, 11) is 0. The van der Waals surface area contributed by atoms with Crippen molar-refractivity contribution in [2.45, 2.75) is 12.5 Å². The smallest absolute Gasteiger partial charge is 0.320 e. The zero-order valence-corrected chi connectivity index (χ0v) is 7.01. The molecule has 1 rings (SSSR count). The van der Waals surface area contributed by atoms with Crippen molar-refractivity contribution in [3.8, 4) is 0 Å². The molecular formula is C9H12FNO2. The van der Waals surface area contributed by atoms with Crippen LogP contribution in [0.3, 0.4) is 0 Å². The molecule has 1 atom stereocenters. The van der Waals surface area contributed by atoms with E-state index in [9.17, 15) is 4.79 Å². The summed E-state index contributed by atoms with van der Waals surface area (Å²) in [6.45, 7) is 0. The van der Waals surface area contributed by atoms with Gasteiger partial charge in [0.15, 0.2) is 0 Å². The summed E-state index contributed by atoms with van der Waals surface area (Å²) in [5, 5.41) is 8.52. The lowest BCUT2D eigenvalue weighted by Crippen LogP contribution is -2.32. The average Bonchev–Trinajstić information content (AvgIpc) is 2.06. The molecule has 0 bridgehead atoms. The van der Waals surface area contributed by atoms with Gasteiger partial charge in [-0.2, -0.15) is 0 Å². The molecule has 0 aromatic heterocycles. The van der Waals surface area contributed by atoms with Crippen LogP contribution in [-0.2, 0) is 11.2 Å². The first-order valence-electron chi connectivity index (χ1n) is 3.72. The Balaban J connectivity index is 0.00000144. The second-order valence-corrected chi connectivity index (χ2v) is 2.63. The number of aliphatic carboxylic acids is 1. The minimum Gasteiger partial charge on any atom is -0.480 e. The Morgan fingerprint density at radius 2 is 1.92 bits per heavy atom. The van der Waals surface area contributed by atoms with Gasteiger partial charge in [-0.25, -0.2) is 0 Å². The van der Waals surface area contributed by atoms with Gasteiger partial charge < -0.3 is 10.8 Å². The number of rotatable bonds is 3. The Labute approximate surface area is 75.6 Å². The predicted octanol–water partition coefficient (Wildman–Crippen LogP) is 0.794. The zero-order chi connectivity index (χ0) is 8.97. The minimum absolute atomic E-state index is 0. The van der Waals surface area contributed by atoms with E-state index < -0.39 is 12.0 Å². The van der Waals surface area contributed by atoms with Crippen molar-refractivity contribution in [3.63, 3.8) is 0 Å². The third kappa shape index (κ3) is 3.66. The molecular weight excluding hydrogens is 173 g/mol. The van der Waals surface area contributed by atoms with Crippen LogP contribution in [-0.4, -0.2) is 17.1 Å². The topological polar surface area (TPSA) is 63.3 Å². The van der Waals surface area contributed by atoms with Crippen LogP contribution in [0.5, 0.6) is 0 Å². The standard InChI is InChI=1S/C9H11NO2.FH/c10-8(9(11)12)6-7-4-2-1-3-5-7;/h1-5,8H,6,10H2,(H,11,12);1H/t8-;/m0./s1. The summed E-state index contributed by atoms with van der Waals surface area (Å²) >= 11 is 0. The second-order valence-electron chi connectivity index (χ2n) is 2.63. The molecule has 0 aliphatic heterocycles. The second kappa shape index (κ2) is 5.27. The maximum Gasteiger partial charge on any atom is 0.320 e. The van der Waals surface area contributed by atoms with Crippen molar-refractivity contribution in [1.82, 2.24) is 0 Å². The molecule has 1 aromatic carbocycles. The third-order valence-electron chi connectivity index (χ3n) is 1.62. The van der Waals surface area contributed by atoms with Crippen molar-refractivity contribution in [2.75, 3.05) is 0 Å². The first-order chi connectivity index (χ1) is 5.70. The van der Waals surface area contributed by atoms with Gasteiger partial charge in [0, 0.05) is 0 Å². The third-order valence-corrected chi connectivity index (χ3v) is 1.62. The van der Waals surface area contributed by atoms with E-state index in [-0.39, 0.29) is 4.70 Å². The molecule has 0 spiro atoms. The number of carbonyl (C=O) groups is 1. The normalized spacial score (nSPS) is 11.5. The summed E-state index contributed by atoms with van der Waals surface area (Å²) in [6.07, 6.45) is 0.385. The van der Waals surface area contributed by atoms with Crippen molar-refractivity contribution < 1.29 is 14.6 Å². The summed E-state index contributed by atoms with van der Waals surface area (Å²) in [5.74, 6) is -0.959. The summed E-state index contributed by atoms with van der Waals surface area (Å²) in [5.41, 5.74) is 6.30. The number of nitrogens with two attached hydrogens (primary N) is 1. The molecule has 3 N–H and O–H groups in total. The summed E-state index contributed by atoms with van der Waals surface area (Å²) in [4.78, 5) is 10.4. The van der Waals surface area contributed by atoms with Crippen LogP contribution in [0.2, 0.25) is 0 Å². The fraction of sp³-hybridized carbons (Fsp3) is 0.222. The Kier molecular flexibility index (Phi) is 4.69. The van der Waals surface area contributed by atoms with Gasteiger partial charge in [0.05, 0.1) is 0 Å². The zero-order valence-electron chi connectivity index (χ0n) is 7.01. The van der Waals surface area contributed by atoms with Gasteiger partial charge >= 0.3 is 5.97 Å². The molecule has 0 radical (unpaired) electrons. The highest BCUT2D eigenvalue weighted by Crippen LogP contribution is 2.01. The van der Waals surface area contributed by atoms with Crippen molar-refractivity contribution in [1.29, 1.82) is 0 Å². The van der Waals surface area contributed by atoms with E-state index in [0.717, 1.165) is 5.56 Å². The lowest BCUT2D eigenvalue weighted by Gasteiger charge is -2.04.